The standard InChI is InChI=1S/C14H14BrFN2O2/c15-11-4-3-10(16)7-9(11)8-18-13(20)17-12(19)14(18)5-1-2-6-14/h3-4,7H,1-2,5-6,8H2,(H,17,19,20). The van der Waals surface area contributed by atoms with Gasteiger partial charge in [0.15, 0.2) is 0 Å². The van der Waals surface area contributed by atoms with Crippen LogP contribution in [0.2, 0.25) is 0 Å². The van der Waals surface area contributed by atoms with Crippen LogP contribution in [0.5, 0.6) is 0 Å². The van der Waals surface area contributed by atoms with Gasteiger partial charge in [-0.3, -0.25) is 10.1 Å². The third-order valence-electron chi connectivity index (χ3n) is 4.17. The first kappa shape index (κ1) is 13.5. The maximum atomic E-state index is 13.4. The highest BCUT2D eigenvalue weighted by atomic mass is 79.9. The largest absolute Gasteiger partial charge is 0.325 e. The van der Waals surface area contributed by atoms with E-state index in [1.54, 1.807) is 11.0 Å². The van der Waals surface area contributed by atoms with Gasteiger partial charge in [0, 0.05) is 11.0 Å². The molecule has 6 heteroatoms. The molecule has 1 saturated carbocycles. The molecule has 1 saturated heterocycles. The molecule has 0 radical (unpaired) electrons. The summed E-state index contributed by atoms with van der Waals surface area (Å²) in [4.78, 5) is 25.7. The smallest absolute Gasteiger partial charge is 0.305 e. The zero-order valence-electron chi connectivity index (χ0n) is 10.8. The number of carbonyl (C=O) groups excluding carboxylic acids is 2. The van der Waals surface area contributed by atoms with Gasteiger partial charge >= 0.3 is 6.03 Å². The summed E-state index contributed by atoms with van der Waals surface area (Å²) in [7, 11) is 0. The molecular weight excluding hydrogens is 327 g/mol. The molecule has 0 bridgehead atoms. The van der Waals surface area contributed by atoms with Gasteiger partial charge in [0.1, 0.15) is 11.4 Å². The number of benzene rings is 1. The van der Waals surface area contributed by atoms with Crippen LogP contribution < -0.4 is 5.32 Å². The molecule has 3 rings (SSSR count). The molecule has 1 aliphatic heterocycles. The first-order valence-electron chi connectivity index (χ1n) is 6.60. The Morgan fingerprint density at radius 3 is 2.70 bits per heavy atom. The van der Waals surface area contributed by atoms with E-state index in [-0.39, 0.29) is 24.3 Å². The van der Waals surface area contributed by atoms with Crippen molar-refractivity contribution >= 4 is 27.9 Å². The van der Waals surface area contributed by atoms with Crippen molar-refractivity contribution in [1.82, 2.24) is 10.2 Å². The fourth-order valence-corrected chi connectivity index (χ4v) is 3.48. The number of rotatable bonds is 2. The quantitative estimate of drug-likeness (QED) is 0.841. The minimum atomic E-state index is -0.733. The van der Waals surface area contributed by atoms with Crippen molar-refractivity contribution in [2.24, 2.45) is 0 Å². The highest BCUT2D eigenvalue weighted by Crippen LogP contribution is 2.40. The van der Waals surface area contributed by atoms with Gasteiger partial charge in [-0.15, -0.1) is 0 Å². The number of hydrogen-bond acceptors (Lipinski definition) is 2. The van der Waals surface area contributed by atoms with Crippen LogP contribution in [0.4, 0.5) is 9.18 Å². The molecule has 106 valence electrons. The zero-order valence-corrected chi connectivity index (χ0v) is 12.4. The Hall–Kier alpha value is -1.43. The maximum absolute atomic E-state index is 13.4. The summed E-state index contributed by atoms with van der Waals surface area (Å²) in [6.45, 7) is 0.232. The highest BCUT2D eigenvalue weighted by molar-refractivity contribution is 9.10. The second-order valence-corrected chi connectivity index (χ2v) is 6.17. The molecule has 1 aromatic rings. The summed E-state index contributed by atoms with van der Waals surface area (Å²) < 4.78 is 14.1. The predicted molar refractivity (Wildman–Crippen MR) is 74.4 cm³/mol. The molecule has 1 aromatic carbocycles. The van der Waals surface area contributed by atoms with Gasteiger partial charge in [0.05, 0.1) is 0 Å². The van der Waals surface area contributed by atoms with Crippen molar-refractivity contribution in [1.29, 1.82) is 0 Å². The van der Waals surface area contributed by atoms with Gasteiger partial charge in [0.25, 0.3) is 5.91 Å². The normalized spacial score (nSPS) is 20.8. The van der Waals surface area contributed by atoms with Gasteiger partial charge in [-0.25, -0.2) is 9.18 Å². The van der Waals surface area contributed by atoms with Crippen LogP contribution in [0.25, 0.3) is 0 Å². The minimum absolute atomic E-state index is 0.215. The highest BCUT2D eigenvalue weighted by Gasteiger charge is 2.53. The molecule has 2 fully saturated rings. The number of hydrogen-bond donors (Lipinski definition) is 1. The van der Waals surface area contributed by atoms with Gasteiger partial charge in [0.2, 0.25) is 0 Å². The van der Waals surface area contributed by atoms with Crippen molar-refractivity contribution < 1.29 is 14.0 Å². The van der Waals surface area contributed by atoms with Crippen LogP contribution >= 0.6 is 15.9 Å². The Morgan fingerprint density at radius 1 is 1.30 bits per heavy atom. The maximum Gasteiger partial charge on any atom is 0.325 e. The summed E-state index contributed by atoms with van der Waals surface area (Å²) in [5, 5.41) is 2.39. The van der Waals surface area contributed by atoms with Crippen LogP contribution in [0.15, 0.2) is 22.7 Å². The number of nitrogens with zero attached hydrogens (tertiary/aromatic N) is 1. The van der Waals surface area contributed by atoms with Gasteiger partial charge < -0.3 is 4.90 Å². The summed E-state index contributed by atoms with van der Waals surface area (Å²) in [6, 6.07) is 3.98. The fraction of sp³-hybridized carbons (Fsp3) is 0.429. The van der Waals surface area contributed by atoms with Crippen molar-refractivity contribution in [2.75, 3.05) is 0 Å². The Morgan fingerprint density at radius 2 is 2.00 bits per heavy atom. The average molecular weight is 341 g/mol. The first-order valence-corrected chi connectivity index (χ1v) is 7.39. The number of nitrogens with one attached hydrogen (secondary N) is 1. The Bertz CT molecular complexity index is 585. The lowest BCUT2D eigenvalue weighted by atomic mass is 9.95. The van der Waals surface area contributed by atoms with E-state index in [4.69, 9.17) is 0 Å². The van der Waals surface area contributed by atoms with E-state index < -0.39 is 5.54 Å². The van der Waals surface area contributed by atoms with Crippen molar-refractivity contribution in [3.63, 3.8) is 0 Å². The van der Waals surface area contributed by atoms with Gasteiger partial charge in [-0.05, 0) is 36.6 Å². The van der Waals surface area contributed by atoms with Crippen molar-refractivity contribution in [3.8, 4) is 0 Å². The number of urea groups is 1. The Kier molecular flexibility index (Phi) is 3.28. The van der Waals surface area contributed by atoms with Gasteiger partial charge in [-0.2, -0.15) is 0 Å². The van der Waals surface area contributed by atoms with Crippen LogP contribution in [0, 0.1) is 5.82 Å². The molecule has 4 nitrogen and oxygen atoms in total. The number of halogens is 2. The SMILES string of the molecule is O=C1NC(=O)C2(CCCC2)N1Cc1cc(F)ccc1Br. The van der Waals surface area contributed by atoms with Crippen LogP contribution in [0.1, 0.15) is 31.2 Å². The van der Waals surface area contributed by atoms with E-state index in [0.717, 1.165) is 17.3 Å². The summed E-state index contributed by atoms with van der Waals surface area (Å²) in [5.41, 5.74) is -0.0656. The second-order valence-electron chi connectivity index (χ2n) is 5.32. The average Bonchev–Trinajstić information content (AvgIpc) is 2.97. The lowest BCUT2D eigenvalue weighted by Crippen LogP contribution is -2.46. The third kappa shape index (κ3) is 2.02. The topological polar surface area (TPSA) is 49.4 Å². The van der Waals surface area contributed by atoms with Crippen LogP contribution in [-0.2, 0) is 11.3 Å². The minimum Gasteiger partial charge on any atom is -0.305 e. The van der Waals surface area contributed by atoms with E-state index in [2.05, 4.69) is 21.2 Å². The van der Waals surface area contributed by atoms with Crippen LogP contribution in [-0.4, -0.2) is 22.4 Å². The lowest BCUT2D eigenvalue weighted by molar-refractivity contribution is -0.126. The number of carbonyl (C=O) groups is 2. The summed E-state index contributed by atoms with van der Waals surface area (Å²) in [5.74, 6) is -0.567. The van der Waals surface area contributed by atoms with E-state index >= 15 is 0 Å². The molecule has 0 atom stereocenters. The van der Waals surface area contributed by atoms with Gasteiger partial charge in [-0.1, -0.05) is 28.8 Å². The van der Waals surface area contributed by atoms with Crippen molar-refractivity contribution in [3.05, 3.63) is 34.1 Å². The van der Waals surface area contributed by atoms with E-state index in [1.807, 2.05) is 0 Å². The molecule has 1 spiro atoms. The summed E-state index contributed by atoms with van der Waals surface area (Å²) >= 11 is 3.36. The number of amides is 3. The lowest BCUT2D eigenvalue weighted by Gasteiger charge is -2.31. The molecular formula is C14H14BrFN2O2. The molecule has 1 N–H and O–H groups in total. The van der Waals surface area contributed by atoms with E-state index in [0.29, 0.717) is 18.4 Å². The molecule has 3 amide bonds. The van der Waals surface area contributed by atoms with E-state index in [9.17, 15) is 14.0 Å². The molecule has 1 heterocycles. The number of imide groups is 1. The fourth-order valence-electron chi connectivity index (χ4n) is 3.11. The monoisotopic (exact) mass is 340 g/mol. The summed E-state index contributed by atoms with van der Waals surface area (Å²) in [6.07, 6.45) is 3.22. The molecule has 1 aliphatic carbocycles. The van der Waals surface area contributed by atoms with E-state index in [1.165, 1.54) is 12.1 Å². The molecule has 0 unspecified atom stereocenters. The van der Waals surface area contributed by atoms with Crippen molar-refractivity contribution in [2.45, 2.75) is 37.8 Å². The third-order valence-corrected chi connectivity index (χ3v) is 4.95. The first-order chi connectivity index (χ1) is 9.53. The molecule has 0 aromatic heterocycles. The molecule has 20 heavy (non-hydrogen) atoms. The second kappa shape index (κ2) is 4.84. The zero-order chi connectivity index (χ0) is 14.3. The predicted octanol–water partition coefficient (Wildman–Crippen LogP) is 2.95. The van der Waals surface area contributed by atoms with Crippen LogP contribution in [0.3, 0.4) is 0 Å². The Balaban J connectivity index is 1.94. The molecule has 2 aliphatic rings. The Labute approximate surface area is 124 Å².